The molecule has 0 aliphatic carbocycles. The molecule has 0 saturated heterocycles. The van der Waals surface area contributed by atoms with Crippen LogP contribution < -0.4 is 5.73 Å². The highest BCUT2D eigenvalue weighted by atomic mass is 32.2. The van der Waals surface area contributed by atoms with Crippen LogP contribution in [0.2, 0.25) is 0 Å². The first-order valence-corrected chi connectivity index (χ1v) is 5.73. The Bertz CT molecular complexity index is 436. The molecular formula is C11H12N2OS. The van der Waals surface area contributed by atoms with Gasteiger partial charge in [-0.15, -0.1) is 11.8 Å². The molecule has 0 spiro atoms. The summed E-state index contributed by atoms with van der Waals surface area (Å²) < 4.78 is 5.07. The molecule has 1 aromatic heterocycles. The zero-order valence-electron chi connectivity index (χ0n) is 8.43. The lowest BCUT2D eigenvalue weighted by Crippen LogP contribution is -1.80. The van der Waals surface area contributed by atoms with Crippen LogP contribution in [0.4, 0.5) is 5.82 Å². The summed E-state index contributed by atoms with van der Waals surface area (Å²) in [4.78, 5) is 1.26. The molecule has 0 amide bonds. The Balaban J connectivity index is 2.23. The average molecular weight is 220 g/mol. The monoisotopic (exact) mass is 220 g/mol. The first-order chi connectivity index (χ1) is 7.29. The van der Waals surface area contributed by atoms with Crippen molar-refractivity contribution < 1.29 is 4.52 Å². The second-order valence-electron chi connectivity index (χ2n) is 3.07. The van der Waals surface area contributed by atoms with E-state index in [4.69, 9.17) is 10.3 Å². The van der Waals surface area contributed by atoms with Crippen LogP contribution in [0.5, 0.6) is 0 Å². The zero-order chi connectivity index (χ0) is 10.7. The van der Waals surface area contributed by atoms with Crippen LogP contribution >= 0.6 is 11.8 Å². The second-order valence-corrected chi connectivity index (χ2v) is 4.41. The van der Waals surface area contributed by atoms with Crippen molar-refractivity contribution in [1.82, 2.24) is 5.16 Å². The largest absolute Gasteiger partial charge is 0.381 e. The maximum absolute atomic E-state index is 5.48. The van der Waals surface area contributed by atoms with Crippen LogP contribution in [0.15, 0.2) is 39.8 Å². The maximum atomic E-state index is 5.48. The van der Waals surface area contributed by atoms with Crippen LogP contribution in [0.25, 0.3) is 11.3 Å². The van der Waals surface area contributed by atoms with Gasteiger partial charge in [0.2, 0.25) is 0 Å². The first kappa shape index (κ1) is 10.1. The molecule has 0 unspecified atom stereocenters. The minimum Gasteiger partial charge on any atom is -0.381 e. The fourth-order valence-electron chi connectivity index (χ4n) is 1.31. The summed E-state index contributed by atoms with van der Waals surface area (Å²) >= 11 is 1.81. The standard InChI is InChI=1S/C11H12N2OS/c1-2-15-9-5-3-8(4-6-9)10-7-11(12)13-14-10/h3-7H,2H2,1H3,(H2,12,13). The SMILES string of the molecule is CCSc1ccc(-c2cc(N)no2)cc1. The van der Waals surface area contributed by atoms with E-state index in [0.717, 1.165) is 11.3 Å². The molecule has 2 aromatic rings. The van der Waals surface area contributed by atoms with Crippen LogP contribution in [0, 0.1) is 0 Å². The van der Waals surface area contributed by atoms with Gasteiger partial charge >= 0.3 is 0 Å². The molecule has 4 heteroatoms. The van der Waals surface area contributed by atoms with Gasteiger partial charge < -0.3 is 10.3 Å². The number of rotatable bonds is 3. The number of hydrogen-bond acceptors (Lipinski definition) is 4. The quantitative estimate of drug-likeness (QED) is 0.808. The molecule has 1 aromatic carbocycles. The Hall–Kier alpha value is -1.42. The van der Waals surface area contributed by atoms with E-state index in [-0.39, 0.29) is 0 Å². The minimum atomic E-state index is 0.414. The molecule has 1 heterocycles. The van der Waals surface area contributed by atoms with Gasteiger partial charge in [-0.25, -0.2) is 0 Å². The third-order valence-electron chi connectivity index (χ3n) is 1.98. The maximum Gasteiger partial charge on any atom is 0.169 e. The Morgan fingerprint density at radius 3 is 2.60 bits per heavy atom. The van der Waals surface area contributed by atoms with E-state index in [2.05, 4.69) is 24.2 Å². The lowest BCUT2D eigenvalue weighted by atomic mass is 10.2. The summed E-state index contributed by atoms with van der Waals surface area (Å²) in [7, 11) is 0. The van der Waals surface area contributed by atoms with Crippen molar-refractivity contribution in [1.29, 1.82) is 0 Å². The van der Waals surface area contributed by atoms with Crippen molar-refractivity contribution in [3.8, 4) is 11.3 Å². The minimum absolute atomic E-state index is 0.414. The zero-order valence-corrected chi connectivity index (χ0v) is 9.25. The average Bonchev–Trinajstić information content (AvgIpc) is 2.67. The molecule has 2 rings (SSSR count). The molecule has 0 bridgehead atoms. The van der Waals surface area contributed by atoms with Crippen molar-refractivity contribution in [3.05, 3.63) is 30.3 Å². The Morgan fingerprint density at radius 1 is 1.33 bits per heavy atom. The number of thioether (sulfide) groups is 1. The fraction of sp³-hybridized carbons (Fsp3) is 0.182. The predicted molar refractivity (Wildman–Crippen MR) is 62.7 cm³/mol. The fourth-order valence-corrected chi connectivity index (χ4v) is 1.97. The topological polar surface area (TPSA) is 52.0 Å². The molecule has 78 valence electrons. The normalized spacial score (nSPS) is 10.5. The van der Waals surface area contributed by atoms with Crippen LogP contribution in [0.1, 0.15) is 6.92 Å². The molecule has 0 radical (unpaired) electrons. The number of benzene rings is 1. The van der Waals surface area contributed by atoms with Gasteiger partial charge in [0.15, 0.2) is 11.6 Å². The molecule has 2 N–H and O–H groups in total. The molecule has 0 aliphatic rings. The van der Waals surface area contributed by atoms with Crippen molar-refractivity contribution in [2.75, 3.05) is 11.5 Å². The van der Waals surface area contributed by atoms with Gasteiger partial charge in [-0.3, -0.25) is 0 Å². The van der Waals surface area contributed by atoms with Crippen molar-refractivity contribution in [2.24, 2.45) is 0 Å². The summed E-state index contributed by atoms with van der Waals surface area (Å²) in [6.45, 7) is 2.13. The lowest BCUT2D eigenvalue weighted by Gasteiger charge is -1.99. The van der Waals surface area contributed by atoms with E-state index in [1.807, 2.05) is 23.9 Å². The summed E-state index contributed by atoms with van der Waals surface area (Å²) in [5.41, 5.74) is 6.48. The van der Waals surface area contributed by atoms with E-state index in [1.54, 1.807) is 6.07 Å². The van der Waals surface area contributed by atoms with Gasteiger partial charge in [-0.1, -0.05) is 24.2 Å². The van der Waals surface area contributed by atoms with E-state index in [1.165, 1.54) is 4.90 Å². The van der Waals surface area contributed by atoms with Gasteiger partial charge in [0.25, 0.3) is 0 Å². The Labute approximate surface area is 92.6 Å². The lowest BCUT2D eigenvalue weighted by molar-refractivity contribution is 0.436. The number of aromatic nitrogens is 1. The second kappa shape index (κ2) is 4.40. The van der Waals surface area contributed by atoms with Crippen LogP contribution in [-0.2, 0) is 0 Å². The predicted octanol–water partition coefficient (Wildman–Crippen LogP) is 3.04. The molecular weight excluding hydrogens is 208 g/mol. The van der Waals surface area contributed by atoms with E-state index >= 15 is 0 Å². The number of anilines is 1. The van der Waals surface area contributed by atoms with Crippen molar-refractivity contribution in [2.45, 2.75) is 11.8 Å². The molecule has 0 atom stereocenters. The number of hydrogen-bond donors (Lipinski definition) is 1. The molecule has 0 aliphatic heterocycles. The highest BCUT2D eigenvalue weighted by molar-refractivity contribution is 7.99. The van der Waals surface area contributed by atoms with E-state index < -0.39 is 0 Å². The van der Waals surface area contributed by atoms with Gasteiger partial charge in [0.1, 0.15) is 0 Å². The van der Waals surface area contributed by atoms with Crippen molar-refractivity contribution in [3.63, 3.8) is 0 Å². The summed E-state index contributed by atoms with van der Waals surface area (Å²) in [5, 5.41) is 3.65. The summed E-state index contributed by atoms with van der Waals surface area (Å²) in [6.07, 6.45) is 0. The smallest absolute Gasteiger partial charge is 0.169 e. The van der Waals surface area contributed by atoms with E-state index in [0.29, 0.717) is 11.6 Å². The summed E-state index contributed by atoms with van der Waals surface area (Å²) in [5.74, 6) is 2.20. The Morgan fingerprint density at radius 2 is 2.07 bits per heavy atom. The van der Waals surface area contributed by atoms with Gasteiger partial charge in [0.05, 0.1) is 0 Å². The van der Waals surface area contributed by atoms with Crippen LogP contribution in [-0.4, -0.2) is 10.9 Å². The van der Waals surface area contributed by atoms with Crippen LogP contribution in [0.3, 0.4) is 0 Å². The molecule has 15 heavy (non-hydrogen) atoms. The van der Waals surface area contributed by atoms with Gasteiger partial charge in [0, 0.05) is 16.5 Å². The summed E-state index contributed by atoms with van der Waals surface area (Å²) in [6, 6.07) is 9.89. The van der Waals surface area contributed by atoms with Gasteiger partial charge in [-0.05, 0) is 17.9 Å². The highest BCUT2D eigenvalue weighted by Crippen LogP contribution is 2.24. The van der Waals surface area contributed by atoms with E-state index in [9.17, 15) is 0 Å². The Kier molecular flexibility index (Phi) is 2.97. The molecule has 3 nitrogen and oxygen atoms in total. The van der Waals surface area contributed by atoms with Crippen molar-refractivity contribution >= 4 is 17.6 Å². The highest BCUT2D eigenvalue weighted by Gasteiger charge is 2.03. The number of nitrogen functional groups attached to an aromatic ring is 1. The first-order valence-electron chi connectivity index (χ1n) is 4.75. The third kappa shape index (κ3) is 2.33. The molecule has 0 fully saturated rings. The van der Waals surface area contributed by atoms with Gasteiger partial charge in [-0.2, -0.15) is 0 Å². The number of nitrogens with zero attached hydrogens (tertiary/aromatic N) is 1. The molecule has 0 saturated carbocycles. The number of nitrogens with two attached hydrogens (primary N) is 1. The third-order valence-corrected chi connectivity index (χ3v) is 2.87.